The fourth-order valence-electron chi connectivity index (χ4n) is 4.13. The molecule has 1 unspecified atom stereocenters. The maximum absolute atomic E-state index is 12.4. The molecule has 1 aliphatic rings. The van der Waals surface area contributed by atoms with Crippen LogP contribution in [-0.2, 0) is 4.79 Å². The maximum Gasteiger partial charge on any atom is 0.244 e. The first-order valence-corrected chi connectivity index (χ1v) is 12.2. The molecule has 7 heteroatoms. The minimum Gasteiger partial charge on any atom is -0.457 e. The zero-order chi connectivity index (χ0) is 23.3. The van der Waals surface area contributed by atoms with Gasteiger partial charge in [-0.25, -0.2) is 4.98 Å². The van der Waals surface area contributed by atoms with Crippen molar-refractivity contribution in [3.63, 3.8) is 0 Å². The van der Waals surface area contributed by atoms with Crippen molar-refractivity contribution in [1.82, 2.24) is 15.6 Å². The Morgan fingerprint density at radius 1 is 1.15 bits per heavy atom. The first kappa shape index (κ1) is 22.1. The summed E-state index contributed by atoms with van der Waals surface area (Å²) < 4.78 is 6.91. The van der Waals surface area contributed by atoms with Gasteiger partial charge in [-0.15, -0.1) is 11.3 Å². The number of nitrogens with zero attached hydrogens (tertiary/aromatic N) is 1. The van der Waals surface area contributed by atoms with E-state index in [-0.39, 0.29) is 11.9 Å². The molecule has 0 saturated carbocycles. The largest absolute Gasteiger partial charge is 0.457 e. The van der Waals surface area contributed by atoms with Gasteiger partial charge in [0.2, 0.25) is 5.91 Å². The SMILES string of the molecule is Nc1ncc(/C=C/C(=O)NC2CCCNC2)c2scc(-c3ccc(Oc4ccccc4)cc3)c12. The highest BCUT2D eigenvalue weighted by atomic mass is 32.1. The quantitative estimate of drug-likeness (QED) is 0.336. The van der Waals surface area contributed by atoms with Gasteiger partial charge in [0.05, 0.1) is 0 Å². The summed E-state index contributed by atoms with van der Waals surface area (Å²) >= 11 is 1.60. The number of carbonyl (C=O) groups is 1. The average molecular weight is 471 g/mol. The van der Waals surface area contributed by atoms with Crippen LogP contribution in [0.3, 0.4) is 0 Å². The van der Waals surface area contributed by atoms with Gasteiger partial charge < -0.3 is 21.1 Å². The summed E-state index contributed by atoms with van der Waals surface area (Å²) in [7, 11) is 0. The fourth-order valence-corrected chi connectivity index (χ4v) is 5.21. The van der Waals surface area contributed by atoms with Crippen LogP contribution in [0.4, 0.5) is 5.82 Å². The number of para-hydroxylation sites is 1. The first-order chi connectivity index (χ1) is 16.7. The lowest BCUT2D eigenvalue weighted by Gasteiger charge is -2.23. The number of hydrogen-bond acceptors (Lipinski definition) is 6. The number of thiophene rings is 1. The first-order valence-electron chi connectivity index (χ1n) is 11.4. The Morgan fingerprint density at radius 2 is 1.94 bits per heavy atom. The number of piperidine rings is 1. The van der Waals surface area contributed by atoms with Gasteiger partial charge in [-0.05, 0) is 60.7 Å². The van der Waals surface area contributed by atoms with Gasteiger partial charge in [-0.2, -0.15) is 0 Å². The number of anilines is 1. The molecule has 1 fully saturated rings. The number of aromatic nitrogens is 1. The van der Waals surface area contributed by atoms with Gasteiger partial charge in [0, 0.05) is 46.1 Å². The van der Waals surface area contributed by atoms with E-state index in [0.29, 0.717) is 5.82 Å². The summed E-state index contributed by atoms with van der Waals surface area (Å²) in [6.07, 6.45) is 7.20. The van der Waals surface area contributed by atoms with Crippen molar-refractivity contribution in [2.45, 2.75) is 18.9 Å². The number of rotatable bonds is 6. The molecule has 2 aromatic carbocycles. The van der Waals surface area contributed by atoms with E-state index in [4.69, 9.17) is 10.5 Å². The molecule has 1 atom stereocenters. The van der Waals surface area contributed by atoms with Crippen molar-refractivity contribution < 1.29 is 9.53 Å². The maximum atomic E-state index is 12.4. The second-order valence-electron chi connectivity index (χ2n) is 8.28. The Kier molecular flexibility index (Phi) is 6.56. The summed E-state index contributed by atoms with van der Waals surface area (Å²) in [4.78, 5) is 16.8. The molecule has 0 radical (unpaired) electrons. The topological polar surface area (TPSA) is 89.3 Å². The number of ether oxygens (including phenoxy) is 1. The van der Waals surface area contributed by atoms with Crippen LogP contribution in [0.2, 0.25) is 0 Å². The van der Waals surface area contributed by atoms with Crippen LogP contribution in [0.5, 0.6) is 11.5 Å². The van der Waals surface area contributed by atoms with Crippen LogP contribution >= 0.6 is 11.3 Å². The monoisotopic (exact) mass is 470 g/mol. The molecule has 0 aliphatic carbocycles. The lowest BCUT2D eigenvalue weighted by Crippen LogP contribution is -2.45. The van der Waals surface area contributed by atoms with E-state index >= 15 is 0 Å². The van der Waals surface area contributed by atoms with Crippen molar-refractivity contribution in [3.05, 3.63) is 77.8 Å². The number of benzene rings is 2. The molecule has 0 spiro atoms. The van der Waals surface area contributed by atoms with Gasteiger partial charge in [0.1, 0.15) is 17.3 Å². The zero-order valence-electron chi connectivity index (χ0n) is 18.7. The van der Waals surface area contributed by atoms with E-state index < -0.39 is 0 Å². The summed E-state index contributed by atoms with van der Waals surface area (Å²) in [5.74, 6) is 1.95. The predicted molar refractivity (Wildman–Crippen MR) is 139 cm³/mol. The highest BCUT2D eigenvalue weighted by Gasteiger charge is 2.15. The van der Waals surface area contributed by atoms with Gasteiger partial charge >= 0.3 is 0 Å². The molecule has 3 heterocycles. The molecule has 2 aromatic heterocycles. The third-order valence-corrected chi connectivity index (χ3v) is 6.88. The summed E-state index contributed by atoms with van der Waals surface area (Å²) in [6.45, 7) is 1.83. The molecule has 34 heavy (non-hydrogen) atoms. The lowest BCUT2D eigenvalue weighted by atomic mass is 10.0. The molecule has 5 rings (SSSR count). The van der Waals surface area contributed by atoms with E-state index in [9.17, 15) is 4.79 Å². The van der Waals surface area contributed by atoms with E-state index in [1.54, 1.807) is 23.6 Å². The molecular formula is C27H26N4O2S. The number of fused-ring (bicyclic) bond motifs is 1. The number of pyridine rings is 1. The van der Waals surface area contributed by atoms with Crippen molar-refractivity contribution in [2.24, 2.45) is 0 Å². The van der Waals surface area contributed by atoms with Gasteiger partial charge in [0.25, 0.3) is 0 Å². The highest BCUT2D eigenvalue weighted by molar-refractivity contribution is 7.18. The summed E-state index contributed by atoms with van der Waals surface area (Å²) in [5.41, 5.74) is 9.21. The van der Waals surface area contributed by atoms with E-state index in [1.807, 2.05) is 60.7 Å². The smallest absolute Gasteiger partial charge is 0.244 e. The normalized spacial score (nSPS) is 16.1. The Morgan fingerprint density at radius 3 is 2.71 bits per heavy atom. The van der Waals surface area contributed by atoms with E-state index in [2.05, 4.69) is 21.0 Å². The van der Waals surface area contributed by atoms with Crippen molar-refractivity contribution in [1.29, 1.82) is 0 Å². The third-order valence-electron chi connectivity index (χ3n) is 5.85. The Bertz CT molecular complexity index is 1310. The van der Waals surface area contributed by atoms with Crippen LogP contribution in [-0.4, -0.2) is 30.0 Å². The zero-order valence-corrected chi connectivity index (χ0v) is 19.5. The molecule has 0 bridgehead atoms. The van der Waals surface area contributed by atoms with Crippen molar-refractivity contribution in [3.8, 4) is 22.6 Å². The fraction of sp³-hybridized carbons (Fsp3) is 0.185. The molecule has 1 saturated heterocycles. The van der Waals surface area contributed by atoms with Crippen LogP contribution in [0.1, 0.15) is 18.4 Å². The van der Waals surface area contributed by atoms with E-state index in [1.165, 1.54) is 0 Å². The molecule has 1 amide bonds. The molecule has 6 nitrogen and oxygen atoms in total. The number of nitrogens with two attached hydrogens (primary N) is 1. The molecule has 4 N–H and O–H groups in total. The third kappa shape index (κ3) is 4.95. The molecular weight excluding hydrogens is 444 g/mol. The second-order valence-corrected chi connectivity index (χ2v) is 9.16. The number of nitrogen functional groups attached to an aromatic ring is 1. The van der Waals surface area contributed by atoms with Crippen LogP contribution in [0.15, 0.2) is 72.3 Å². The lowest BCUT2D eigenvalue weighted by molar-refractivity contribution is -0.117. The molecule has 172 valence electrons. The van der Waals surface area contributed by atoms with Gasteiger partial charge in [0.15, 0.2) is 0 Å². The van der Waals surface area contributed by atoms with Crippen molar-refractivity contribution >= 4 is 39.2 Å². The molecule has 4 aromatic rings. The number of amides is 1. The minimum atomic E-state index is -0.0931. The Labute approximate surface area is 202 Å². The minimum absolute atomic E-state index is 0.0931. The second kappa shape index (κ2) is 10.1. The van der Waals surface area contributed by atoms with E-state index in [0.717, 1.165) is 64.2 Å². The number of carbonyl (C=O) groups excluding carboxylic acids is 1. The average Bonchev–Trinajstić information content (AvgIpc) is 3.32. The summed E-state index contributed by atoms with van der Waals surface area (Å²) in [6, 6.07) is 17.8. The molecule has 1 aliphatic heterocycles. The predicted octanol–water partition coefficient (Wildman–Crippen LogP) is 5.22. The van der Waals surface area contributed by atoms with Gasteiger partial charge in [-0.3, -0.25) is 4.79 Å². The number of nitrogens with one attached hydrogen (secondary N) is 2. The van der Waals surface area contributed by atoms with Crippen LogP contribution in [0.25, 0.3) is 27.3 Å². The Hall–Kier alpha value is -3.68. The standard InChI is InChI=1S/C27H26N4O2S/c28-27-25-23(18-8-11-22(12-9-18)33-21-6-2-1-3-7-21)17-34-26(25)19(15-30-27)10-13-24(32)31-20-5-4-14-29-16-20/h1-3,6-13,15,17,20,29H,4-5,14,16H2,(H2,28,30)(H,31,32)/b13-10+. The summed E-state index contributed by atoms with van der Waals surface area (Å²) in [5, 5.41) is 9.36. The van der Waals surface area contributed by atoms with Crippen LogP contribution in [0, 0.1) is 0 Å². The van der Waals surface area contributed by atoms with Crippen molar-refractivity contribution in [2.75, 3.05) is 18.8 Å². The highest BCUT2D eigenvalue weighted by Crippen LogP contribution is 2.39. The van der Waals surface area contributed by atoms with Gasteiger partial charge in [-0.1, -0.05) is 30.3 Å². The number of hydrogen-bond donors (Lipinski definition) is 3. The Balaban J connectivity index is 1.36. The van der Waals surface area contributed by atoms with Crippen LogP contribution < -0.4 is 21.1 Å².